The molecule has 0 unspecified atom stereocenters. The SMILES string of the molecule is CCC(=Cc1ccccc1)[C@@H]1C[C@H]1NC1CCC(=O)CC1. The Morgan fingerprint density at radius 3 is 2.62 bits per heavy atom. The molecule has 2 heteroatoms. The monoisotopic (exact) mass is 283 g/mol. The number of benzene rings is 1. The highest BCUT2D eigenvalue weighted by Crippen LogP contribution is 2.40. The Labute approximate surface area is 127 Å². The van der Waals surface area contributed by atoms with Crippen molar-refractivity contribution in [2.24, 2.45) is 5.92 Å². The highest BCUT2D eigenvalue weighted by molar-refractivity contribution is 5.79. The van der Waals surface area contributed by atoms with E-state index >= 15 is 0 Å². The molecule has 0 aromatic heterocycles. The Morgan fingerprint density at radius 1 is 1.24 bits per heavy atom. The molecule has 2 aliphatic rings. The predicted octanol–water partition coefficient (Wildman–Crippen LogP) is 3.97. The number of carbonyl (C=O) groups excluding carboxylic acids is 1. The molecule has 0 bridgehead atoms. The van der Waals surface area contributed by atoms with Gasteiger partial charge in [0.25, 0.3) is 0 Å². The fraction of sp³-hybridized carbons (Fsp3) is 0.526. The van der Waals surface area contributed by atoms with E-state index < -0.39 is 0 Å². The molecule has 2 fully saturated rings. The minimum Gasteiger partial charge on any atom is -0.311 e. The van der Waals surface area contributed by atoms with Gasteiger partial charge in [0, 0.05) is 24.9 Å². The standard InChI is InChI=1S/C19H25NO/c1-2-15(12-14-6-4-3-5-7-14)18-13-19(18)20-16-8-10-17(21)11-9-16/h3-7,12,16,18-20H,2,8-11,13H2,1H3/t18-,19+/m0/s1. The van der Waals surface area contributed by atoms with Gasteiger partial charge in [-0.05, 0) is 37.2 Å². The molecule has 0 saturated heterocycles. The van der Waals surface area contributed by atoms with E-state index in [1.165, 1.54) is 12.0 Å². The number of nitrogens with one attached hydrogen (secondary N) is 1. The molecule has 2 aliphatic carbocycles. The second-order valence-corrected chi connectivity index (χ2v) is 6.41. The lowest BCUT2D eigenvalue weighted by Crippen LogP contribution is -2.35. The summed E-state index contributed by atoms with van der Waals surface area (Å²) in [5.41, 5.74) is 2.87. The van der Waals surface area contributed by atoms with Crippen LogP contribution >= 0.6 is 0 Å². The van der Waals surface area contributed by atoms with Gasteiger partial charge in [-0.2, -0.15) is 0 Å². The summed E-state index contributed by atoms with van der Waals surface area (Å²) in [7, 11) is 0. The summed E-state index contributed by atoms with van der Waals surface area (Å²) in [6, 6.07) is 11.8. The summed E-state index contributed by atoms with van der Waals surface area (Å²) in [5.74, 6) is 1.14. The second kappa shape index (κ2) is 6.57. The number of Topliss-reactive ketones (excluding diaryl/α,β-unsaturated/α-hetero) is 1. The van der Waals surface area contributed by atoms with Gasteiger partial charge in [-0.15, -0.1) is 0 Å². The smallest absolute Gasteiger partial charge is 0.133 e. The highest BCUT2D eigenvalue weighted by Gasteiger charge is 2.40. The van der Waals surface area contributed by atoms with Gasteiger partial charge in [0.1, 0.15) is 5.78 Å². The minimum atomic E-state index is 0.443. The third-order valence-electron chi connectivity index (χ3n) is 4.82. The van der Waals surface area contributed by atoms with Crippen molar-refractivity contribution in [2.75, 3.05) is 0 Å². The second-order valence-electron chi connectivity index (χ2n) is 6.41. The van der Waals surface area contributed by atoms with Gasteiger partial charge in [0.05, 0.1) is 0 Å². The van der Waals surface area contributed by atoms with Crippen molar-refractivity contribution in [1.29, 1.82) is 0 Å². The summed E-state index contributed by atoms with van der Waals surface area (Å²) < 4.78 is 0. The Kier molecular flexibility index (Phi) is 4.54. The van der Waals surface area contributed by atoms with E-state index in [-0.39, 0.29) is 0 Å². The van der Waals surface area contributed by atoms with Crippen LogP contribution in [0, 0.1) is 5.92 Å². The quantitative estimate of drug-likeness (QED) is 0.886. The lowest BCUT2D eigenvalue weighted by Gasteiger charge is -2.22. The van der Waals surface area contributed by atoms with Crippen LogP contribution in [-0.2, 0) is 4.79 Å². The van der Waals surface area contributed by atoms with Gasteiger partial charge < -0.3 is 5.32 Å². The summed E-state index contributed by atoms with van der Waals surface area (Å²) in [4.78, 5) is 11.3. The van der Waals surface area contributed by atoms with Gasteiger partial charge in [-0.1, -0.05) is 48.9 Å². The summed E-state index contributed by atoms with van der Waals surface area (Å²) in [6.45, 7) is 2.25. The van der Waals surface area contributed by atoms with E-state index in [0.29, 0.717) is 23.8 Å². The minimum absolute atomic E-state index is 0.443. The van der Waals surface area contributed by atoms with Crippen LogP contribution in [-0.4, -0.2) is 17.9 Å². The molecule has 2 atom stereocenters. The number of ketones is 1. The zero-order chi connectivity index (χ0) is 14.7. The van der Waals surface area contributed by atoms with Crippen LogP contribution in [0.1, 0.15) is 51.0 Å². The van der Waals surface area contributed by atoms with Crippen molar-refractivity contribution in [3.05, 3.63) is 41.5 Å². The number of hydrogen-bond acceptors (Lipinski definition) is 2. The van der Waals surface area contributed by atoms with Gasteiger partial charge in [-0.3, -0.25) is 4.79 Å². The maximum Gasteiger partial charge on any atom is 0.133 e. The van der Waals surface area contributed by atoms with Crippen molar-refractivity contribution in [1.82, 2.24) is 5.32 Å². The van der Waals surface area contributed by atoms with E-state index in [2.05, 4.69) is 48.6 Å². The Hall–Kier alpha value is -1.41. The summed E-state index contributed by atoms with van der Waals surface area (Å²) >= 11 is 0. The van der Waals surface area contributed by atoms with Crippen LogP contribution in [0.3, 0.4) is 0 Å². The number of carbonyl (C=O) groups is 1. The predicted molar refractivity (Wildman–Crippen MR) is 87.0 cm³/mol. The fourth-order valence-corrected chi connectivity index (χ4v) is 3.43. The highest BCUT2D eigenvalue weighted by atomic mass is 16.1. The molecule has 2 nitrogen and oxygen atoms in total. The van der Waals surface area contributed by atoms with Crippen molar-refractivity contribution in [3.63, 3.8) is 0 Å². The molecule has 3 rings (SSSR count). The Bertz CT molecular complexity index is 510. The molecule has 0 aliphatic heterocycles. The maximum absolute atomic E-state index is 11.3. The summed E-state index contributed by atoms with van der Waals surface area (Å²) in [6.07, 6.45) is 8.36. The number of hydrogen-bond donors (Lipinski definition) is 1. The van der Waals surface area contributed by atoms with Gasteiger partial charge >= 0.3 is 0 Å². The average molecular weight is 283 g/mol. The third-order valence-corrected chi connectivity index (χ3v) is 4.82. The first kappa shape index (κ1) is 14.5. The van der Waals surface area contributed by atoms with Crippen LogP contribution < -0.4 is 5.32 Å². The molecular weight excluding hydrogens is 258 g/mol. The van der Waals surface area contributed by atoms with Crippen LogP contribution in [0.2, 0.25) is 0 Å². The summed E-state index contributed by atoms with van der Waals surface area (Å²) in [5, 5.41) is 3.77. The molecule has 0 radical (unpaired) electrons. The molecule has 0 heterocycles. The fourth-order valence-electron chi connectivity index (χ4n) is 3.43. The van der Waals surface area contributed by atoms with Gasteiger partial charge in [-0.25, -0.2) is 0 Å². The zero-order valence-corrected chi connectivity index (χ0v) is 12.8. The first-order valence-electron chi connectivity index (χ1n) is 8.29. The van der Waals surface area contributed by atoms with Crippen LogP contribution in [0.25, 0.3) is 6.08 Å². The van der Waals surface area contributed by atoms with Crippen LogP contribution in [0.15, 0.2) is 35.9 Å². The average Bonchev–Trinajstić information content (AvgIpc) is 3.27. The molecular formula is C19H25NO. The topological polar surface area (TPSA) is 29.1 Å². The number of rotatable bonds is 5. The van der Waals surface area contributed by atoms with E-state index in [0.717, 1.165) is 32.1 Å². The third kappa shape index (κ3) is 3.82. The van der Waals surface area contributed by atoms with Crippen molar-refractivity contribution in [3.8, 4) is 0 Å². The molecule has 112 valence electrons. The molecule has 21 heavy (non-hydrogen) atoms. The van der Waals surface area contributed by atoms with E-state index in [1.54, 1.807) is 5.57 Å². The van der Waals surface area contributed by atoms with Gasteiger partial charge in [0.2, 0.25) is 0 Å². The Balaban J connectivity index is 1.56. The maximum atomic E-state index is 11.3. The van der Waals surface area contributed by atoms with Gasteiger partial charge in [0.15, 0.2) is 0 Å². The van der Waals surface area contributed by atoms with Crippen LogP contribution in [0.5, 0.6) is 0 Å². The molecule has 0 spiro atoms. The molecule has 2 saturated carbocycles. The molecule has 0 amide bonds. The molecule has 1 aromatic rings. The first-order valence-corrected chi connectivity index (χ1v) is 8.29. The van der Waals surface area contributed by atoms with E-state index in [9.17, 15) is 4.79 Å². The molecule has 1 aromatic carbocycles. The molecule has 1 N–H and O–H groups in total. The van der Waals surface area contributed by atoms with Crippen molar-refractivity contribution in [2.45, 2.75) is 57.5 Å². The lowest BCUT2D eigenvalue weighted by molar-refractivity contribution is -0.120. The zero-order valence-electron chi connectivity index (χ0n) is 12.8. The largest absolute Gasteiger partial charge is 0.311 e. The van der Waals surface area contributed by atoms with E-state index in [4.69, 9.17) is 0 Å². The lowest BCUT2D eigenvalue weighted by atomic mass is 9.94. The van der Waals surface area contributed by atoms with E-state index in [1.807, 2.05) is 0 Å². The van der Waals surface area contributed by atoms with Crippen LogP contribution in [0.4, 0.5) is 0 Å². The van der Waals surface area contributed by atoms with Crippen molar-refractivity contribution < 1.29 is 4.79 Å². The Morgan fingerprint density at radius 2 is 1.95 bits per heavy atom. The first-order chi connectivity index (χ1) is 10.3. The normalized spacial score (nSPS) is 26.9. The van der Waals surface area contributed by atoms with Crippen molar-refractivity contribution >= 4 is 11.9 Å².